The topological polar surface area (TPSA) is 117 Å². The summed E-state index contributed by atoms with van der Waals surface area (Å²) in [5, 5.41) is 19.2. The van der Waals surface area contributed by atoms with Crippen LogP contribution in [0.2, 0.25) is 0 Å². The highest BCUT2D eigenvalue weighted by atomic mass is 16.4. The van der Waals surface area contributed by atoms with Crippen LogP contribution in [0.15, 0.2) is 30.5 Å². The number of nitrogens with zero attached hydrogens (tertiary/aromatic N) is 4. The van der Waals surface area contributed by atoms with Crippen molar-refractivity contribution in [3.8, 4) is 0 Å². The lowest BCUT2D eigenvalue weighted by Gasteiger charge is -2.36. The van der Waals surface area contributed by atoms with Gasteiger partial charge in [-0.05, 0) is 17.0 Å². The molecule has 29 heavy (non-hydrogen) atoms. The molecule has 3 rings (SSSR count). The molecule has 0 saturated heterocycles. The Labute approximate surface area is 168 Å². The summed E-state index contributed by atoms with van der Waals surface area (Å²) in [6, 6.07) is 7.24. The van der Waals surface area contributed by atoms with E-state index in [2.05, 4.69) is 15.6 Å². The fraction of sp³-hybridized carbons (Fsp3) is 0.450. The lowest BCUT2D eigenvalue weighted by atomic mass is 9.92. The van der Waals surface area contributed by atoms with E-state index in [1.165, 1.54) is 10.9 Å². The Morgan fingerprint density at radius 2 is 1.97 bits per heavy atom. The first kappa shape index (κ1) is 20.5. The third kappa shape index (κ3) is 5.18. The van der Waals surface area contributed by atoms with Crippen molar-refractivity contribution in [1.29, 1.82) is 0 Å². The average molecular weight is 399 g/mol. The van der Waals surface area contributed by atoms with Crippen LogP contribution >= 0.6 is 0 Å². The second-order valence-electron chi connectivity index (χ2n) is 7.63. The summed E-state index contributed by atoms with van der Waals surface area (Å²) in [7, 11) is 0. The highest BCUT2D eigenvalue weighted by Gasteiger charge is 2.34. The van der Waals surface area contributed by atoms with Gasteiger partial charge >= 0.3 is 5.97 Å². The molecule has 1 unspecified atom stereocenters. The lowest BCUT2D eigenvalue weighted by molar-refractivity contribution is -0.142. The quantitative estimate of drug-likeness (QED) is 0.717. The average Bonchev–Trinajstić information content (AvgIpc) is 3.11. The molecule has 0 aliphatic carbocycles. The van der Waals surface area contributed by atoms with Gasteiger partial charge in [0.25, 0.3) is 0 Å². The van der Waals surface area contributed by atoms with E-state index in [0.29, 0.717) is 25.1 Å². The number of fused-ring (bicyclic) bond motifs is 1. The Morgan fingerprint density at radius 3 is 2.66 bits per heavy atom. The van der Waals surface area contributed by atoms with E-state index in [4.69, 9.17) is 5.11 Å². The summed E-state index contributed by atoms with van der Waals surface area (Å²) in [5.41, 5.74) is 2.58. The Balaban J connectivity index is 1.71. The van der Waals surface area contributed by atoms with Crippen LogP contribution in [0.5, 0.6) is 0 Å². The number of amides is 2. The Hall–Kier alpha value is -3.23. The molecular formula is C20H25N5O4. The van der Waals surface area contributed by atoms with E-state index >= 15 is 0 Å². The van der Waals surface area contributed by atoms with Crippen molar-refractivity contribution in [3.63, 3.8) is 0 Å². The zero-order valence-electron chi connectivity index (χ0n) is 16.5. The molecule has 0 fully saturated rings. The largest absolute Gasteiger partial charge is 0.480 e. The van der Waals surface area contributed by atoms with Gasteiger partial charge in [0.2, 0.25) is 11.8 Å². The van der Waals surface area contributed by atoms with Crippen LogP contribution in [0.3, 0.4) is 0 Å². The van der Waals surface area contributed by atoms with Crippen molar-refractivity contribution >= 4 is 17.8 Å². The first-order valence-electron chi connectivity index (χ1n) is 9.58. The highest BCUT2D eigenvalue weighted by molar-refractivity contribution is 5.88. The number of nitrogens with one attached hydrogen (secondary N) is 1. The predicted octanol–water partition coefficient (Wildman–Crippen LogP) is 0.979. The third-order valence-corrected chi connectivity index (χ3v) is 4.78. The van der Waals surface area contributed by atoms with Gasteiger partial charge in [0, 0.05) is 19.4 Å². The summed E-state index contributed by atoms with van der Waals surface area (Å²) in [4.78, 5) is 38.1. The molecule has 1 aliphatic rings. The first-order valence-corrected chi connectivity index (χ1v) is 9.58. The van der Waals surface area contributed by atoms with Crippen LogP contribution in [-0.4, -0.2) is 48.8 Å². The van der Waals surface area contributed by atoms with Crippen LogP contribution < -0.4 is 5.32 Å². The molecule has 2 aromatic rings. The number of carbonyl (C=O) groups excluding carboxylic acids is 2. The van der Waals surface area contributed by atoms with Gasteiger partial charge in [0.05, 0.1) is 12.7 Å². The predicted molar refractivity (Wildman–Crippen MR) is 103 cm³/mol. The third-order valence-electron chi connectivity index (χ3n) is 4.78. The van der Waals surface area contributed by atoms with Crippen molar-refractivity contribution in [1.82, 2.24) is 25.2 Å². The molecule has 154 valence electrons. The molecule has 2 amide bonds. The summed E-state index contributed by atoms with van der Waals surface area (Å²) in [6.07, 6.45) is 2.32. The van der Waals surface area contributed by atoms with Crippen molar-refractivity contribution in [2.45, 2.75) is 52.4 Å². The number of carbonyl (C=O) groups is 3. The summed E-state index contributed by atoms with van der Waals surface area (Å²) >= 11 is 0. The fourth-order valence-corrected chi connectivity index (χ4v) is 3.42. The minimum atomic E-state index is -1.02. The molecule has 9 heteroatoms. The molecule has 0 saturated carbocycles. The standard InChI is InChI=1S/C20H25N5O4/c1-13(2)7-18(26)25-10-15-6-4-3-5-14(15)8-17(25)20(29)21-9-16-11-24(23-22-16)12-19(27)28/h3-6,11,13,17H,7-10,12H2,1-2H3,(H,21,29)(H,27,28). The number of hydrogen-bond donors (Lipinski definition) is 2. The zero-order valence-corrected chi connectivity index (χ0v) is 16.5. The van der Waals surface area contributed by atoms with Crippen LogP contribution in [-0.2, 0) is 40.4 Å². The number of carboxylic acids is 1. The van der Waals surface area contributed by atoms with E-state index < -0.39 is 12.0 Å². The number of aromatic nitrogens is 3. The number of hydrogen-bond acceptors (Lipinski definition) is 5. The molecule has 1 aromatic heterocycles. The van der Waals surface area contributed by atoms with Crippen LogP contribution in [0, 0.1) is 5.92 Å². The van der Waals surface area contributed by atoms with Gasteiger partial charge < -0.3 is 15.3 Å². The minimum Gasteiger partial charge on any atom is -0.480 e. The van der Waals surface area contributed by atoms with Gasteiger partial charge in [-0.3, -0.25) is 14.4 Å². The van der Waals surface area contributed by atoms with Crippen LogP contribution in [0.1, 0.15) is 37.1 Å². The molecule has 0 radical (unpaired) electrons. The zero-order chi connectivity index (χ0) is 21.0. The highest BCUT2D eigenvalue weighted by Crippen LogP contribution is 2.25. The molecule has 9 nitrogen and oxygen atoms in total. The Bertz CT molecular complexity index is 908. The van der Waals surface area contributed by atoms with Crippen molar-refractivity contribution in [3.05, 3.63) is 47.3 Å². The number of benzene rings is 1. The molecule has 2 N–H and O–H groups in total. The van der Waals surface area contributed by atoms with Crippen molar-refractivity contribution in [2.75, 3.05) is 0 Å². The molecule has 0 spiro atoms. The van der Waals surface area contributed by atoms with E-state index in [1.54, 1.807) is 4.90 Å². The second kappa shape index (κ2) is 8.85. The van der Waals surface area contributed by atoms with Gasteiger partial charge in [0.1, 0.15) is 18.3 Å². The number of carboxylic acid groups (broad SMARTS) is 1. The summed E-state index contributed by atoms with van der Waals surface area (Å²) in [6.45, 7) is 4.19. The van der Waals surface area contributed by atoms with E-state index in [-0.39, 0.29) is 30.8 Å². The molecule has 1 aromatic carbocycles. The lowest BCUT2D eigenvalue weighted by Crippen LogP contribution is -2.52. The SMILES string of the molecule is CC(C)CC(=O)N1Cc2ccccc2CC1C(=O)NCc1cn(CC(=O)O)nn1. The maximum Gasteiger partial charge on any atom is 0.325 e. The van der Waals surface area contributed by atoms with Crippen molar-refractivity contribution < 1.29 is 19.5 Å². The van der Waals surface area contributed by atoms with E-state index in [0.717, 1.165) is 11.1 Å². The Morgan fingerprint density at radius 1 is 1.24 bits per heavy atom. The van der Waals surface area contributed by atoms with Gasteiger partial charge in [-0.15, -0.1) is 5.10 Å². The van der Waals surface area contributed by atoms with Crippen LogP contribution in [0.4, 0.5) is 0 Å². The molecule has 1 atom stereocenters. The smallest absolute Gasteiger partial charge is 0.325 e. The Kier molecular flexibility index (Phi) is 6.26. The van der Waals surface area contributed by atoms with Gasteiger partial charge in [-0.25, -0.2) is 4.68 Å². The van der Waals surface area contributed by atoms with Gasteiger partial charge in [-0.1, -0.05) is 43.3 Å². The monoisotopic (exact) mass is 399 g/mol. The van der Waals surface area contributed by atoms with Crippen LogP contribution in [0.25, 0.3) is 0 Å². The summed E-state index contributed by atoms with van der Waals surface area (Å²) in [5.74, 6) is -1.12. The fourth-order valence-electron chi connectivity index (χ4n) is 3.42. The summed E-state index contributed by atoms with van der Waals surface area (Å²) < 4.78 is 1.19. The molecule has 2 heterocycles. The molecular weight excluding hydrogens is 374 g/mol. The van der Waals surface area contributed by atoms with Gasteiger partial charge in [0.15, 0.2) is 0 Å². The second-order valence-corrected chi connectivity index (χ2v) is 7.63. The maximum atomic E-state index is 12.9. The number of rotatable bonds is 7. The molecule has 0 bridgehead atoms. The number of aliphatic carboxylic acids is 1. The normalized spacial score (nSPS) is 15.8. The van der Waals surface area contributed by atoms with Gasteiger partial charge in [-0.2, -0.15) is 0 Å². The maximum absolute atomic E-state index is 12.9. The first-order chi connectivity index (χ1) is 13.8. The van der Waals surface area contributed by atoms with Crippen molar-refractivity contribution in [2.24, 2.45) is 5.92 Å². The van der Waals surface area contributed by atoms with E-state index in [1.807, 2.05) is 38.1 Å². The van der Waals surface area contributed by atoms with E-state index in [9.17, 15) is 14.4 Å². The molecule has 1 aliphatic heterocycles. The minimum absolute atomic E-state index is 0.0398.